The molecule has 46 heavy (non-hydrogen) atoms. The fourth-order valence-electron chi connectivity index (χ4n) is 7.49. The van der Waals surface area contributed by atoms with Crippen molar-refractivity contribution in [2.45, 2.75) is 19.6 Å². The summed E-state index contributed by atoms with van der Waals surface area (Å²) in [5.41, 5.74) is 7.65. The zero-order valence-corrected chi connectivity index (χ0v) is 27.4. The van der Waals surface area contributed by atoms with Crippen LogP contribution >= 0.6 is 0 Å². The lowest BCUT2D eigenvalue weighted by Crippen LogP contribution is -2.37. The van der Waals surface area contributed by atoms with Gasteiger partial charge >= 0.3 is 0 Å². The summed E-state index contributed by atoms with van der Waals surface area (Å²) in [6, 6.07) is 57.0. The summed E-state index contributed by atoms with van der Waals surface area (Å²) in [6.45, 7) is 7.26. The molecule has 0 fully saturated rings. The van der Waals surface area contributed by atoms with Crippen LogP contribution in [0.15, 0.2) is 152 Å². The summed E-state index contributed by atoms with van der Waals surface area (Å²) in [7, 11) is -1.41. The van der Waals surface area contributed by atoms with Crippen molar-refractivity contribution in [2.24, 2.45) is 0 Å². The van der Waals surface area contributed by atoms with E-state index < -0.39 is 8.07 Å². The third-order valence-corrected chi connectivity index (χ3v) is 12.0. The van der Waals surface area contributed by atoms with Gasteiger partial charge in [-0.2, -0.15) is 0 Å². The Bertz CT molecular complexity index is 2600. The van der Waals surface area contributed by atoms with Crippen molar-refractivity contribution < 1.29 is 0 Å². The van der Waals surface area contributed by atoms with E-state index in [1.54, 1.807) is 0 Å². The van der Waals surface area contributed by atoms with Gasteiger partial charge in [0.15, 0.2) is 0 Å². The molecular formula is C45H34Si. The summed E-state index contributed by atoms with van der Waals surface area (Å²) in [4.78, 5) is 0. The highest BCUT2D eigenvalue weighted by molar-refractivity contribution is 6.88. The summed E-state index contributed by atoms with van der Waals surface area (Å²) in [5.74, 6) is 0. The molecule has 0 spiro atoms. The Morgan fingerprint density at radius 1 is 0.326 bits per heavy atom. The Kier molecular flexibility index (Phi) is 5.97. The summed E-state index contributed by atoms with van der Waals surface area (Å²) >= 11 is 0. The van der Waals surface area contributed by atoms with Crippen molar-refractivity contribution in [3.05, 3.63) is 152 Å². The predicted molar refractivity (Wildman–Crippen MR) is 204 cm³/mol. The number of rotatable bonds is 4. The van der Waals surface area contributed by atoms with E-state index in [0.29, 0.717) is 0 Å². The van der Waals surface area contributed by atoms with Gasteiger partial charge in [0.25, 0.3) is 0 Å². The molecule has 0 aliphatic carbocycles. The molecule has 9 aromatic rings. The molecule has 0 N–H and O–H groups in total. The maximum atomic E-state index is 2.44. The van der Waals surface area contributed by atoms with E-state index in [9.17, 15) is 0 Å². The molecule has 218 valence electrons. The van der Waals surface area contributed by atoms with Crippen molar-refractivity contribution in [3.8, 4) is 33.4 Å². The van der Waals surface area contributed by atoms with Gasteiger partial charge in [-0.15, -0.1) is 0 Å². The minimum absolute atomic E-state index is 1.26. The largest absolute Gasteiger partial charge is 0.0775 e. The molecule has 0 amide bonds. The molecule has 0 nitrogen and oxygen atoms in total. The third-order valence-electron chi connectivity index (χ3n) is 9.96. The number of benzene rings is 9. The van der Waals surface area contributed by atoms with E-state index in [1.807, 2.05) is 0 Å². The second kappa shape index (κ2) is 10.1. The van der Waals surface area contributed by atoms with E-state index in [1.165, 1.54) is 92.4 Å². The van der Waals surface area contributed by atoms with Crippen LogP contribution in [0, 0.1) is 0 Å². The highest BCUT2D eigenvalue weighted by atomic mass is 28.3. The first kappa shape index (κ1) is 27.1. The van der Waals surface area contributed by atoms with E-state index in [0.717, 1.165) is 0 Å². The Hall–Kier alpha value is -5.24. The maximum Gasteiger partial charge on any atom is 0.0775 e. The SMILES string of the molecule is C[Si](C)(C)c1ccc(-c2cc(-c3ccc4ccccc4c3)c3ccc4c(-c5ccc6ccccc6c5)ccc5ccc2c3c54)cc1. The van der Waals surface area contributed by atoms with Crippen molar-refractivity contribution >= 4 is 67.1 Å². The zero-order chi connectivity index (χ0) is 31.0. The third kappa shape index (κ3) is 4.27. The van der Waals surface area contributed by atoms with Crippen LogP contribution in [0.1, 0.15) is 0 Å². The topological polar surface area (TPSA) is 0 Å². The van der Waals surface area contributed by atoms with Crippen LogP contribution in [-0.2, 0) is 0 Å². The molecule has 0 saturated carbocycles. The van der Waals surface area contributed by atoms with Gasteiger partial charge < -0.3 is 0 Å². The molecule has 9 rings (SSSR count). The standard InChI is InChI=1S/C45H34Si/c1-46(2,3)37-20-16-31(17-21-37)42-28-43(36-15-13-30-9-5-7-11-34(30)27-36)41-25-24-39-38(22-18-32-19-23-40(42)45(41)44(32)39)35-14-12-29-8-4-6-10-33(29)26-35/h4-28H,1-3H3. The second-order valence-corrected chi connectivity index (χ2v) is 18.9. The van der Waals surface area contributed by atoms with Crippen LogP contribution < -0.4 is 5.19 Å². The minimum Gasteiger partial charge on any atom is -0.0656 e. The first-order valence-corrected chi connectivity index (χ1v) is 19.8. The van der Waals surface area contributed by atoms with Crippen molar-refractivity contribution in [2.75, 3.05) is 0 Å². The van der Waals surface area contributed by atoms with Gasteiger partial charge in [0.2, 0.25) is 0 Å². The van der Waals surface area contributed by atoms with Crippen molar-refractivity contribution in [3.63, 3.8) is 0 Å². The Morgan fingerprint density at radius 3 is 1.39 bits per heavy atom. The molecule has 0 saturated heterocycles. The van der Waals surface area contributed by atoms with E-state index in [2.05, 4.69) is 171 Å². The molecule has 0 bridgehead atoms. The van der Waals surface area contributed by atoms with Gasteiger partial charge in [0.1, 0.15) is 0 Å². The zero-order valence-electron chi connectivity index (χ0n) is 26.4. The van der Waals surface area contributed by atoms with Crippen molar-refractivity contribution in [1.82, 2.24) is 0 Å². The highest BCUT2D eigenvalue weighted by Crippen LogP contribution is 2.46. The normalized spacial score (nSPS) is 12.2. The average Bonchev–Trinajstić information content (AvgIpc) is 3.09. The highest BCUT2D eigenvalue weighted by Gasteiger charge is 2.20. The monoisotopic (exact) mass is 602 g/mol. The molecule has 9 aromatic carbocycles. The Labute approximate surface area is 270 Å². The first-order valence-electron chi connectivity index (χ1n) is 16.3. The van der Waals surface area contributed by atoms with Crippen LogP contribution in [-0.4, -0.2) is 8.07 Å². The minimum atomic E-state index is -1.41. The fourth-order valence-corrected chi connectivity index (χ4v) is 8.66. The lowest BCUT2D eigenvalue weighted by atomic mass is 9.84. The summed E-state index contributed by atoms with van der Waals surface area (Å²) < 4.78 is 0. The quantitative estimate of drug-likeness (QED) is 0.139. The second-order valence-electron chi connectivity index (χ2n) is 13.8. The van der Waals surface area contributed by atoms with Crippen LogP contribution in [0.4, 0.5) is 0 Å². The first-order chi connectivity index (χ1) is 22.4. The van der Waals surface area contributed by atoms with Crippen LogP contribution in [0.2, 0.25) is 19.6 Å². The lowest BCUT2D eigenvalue weighted by molar-refractivity contribution is 1.64. The summed E-state index contributed by atoms with van der Waals surface area (Å²) in [6.07, 6.45) is 0. The molecule has 0 unspecified atom stereocenters. The molecule has 1 heteroatoms. The van der Waals surface area contributed by atoms with Crippen LogP contribution in [0.3, 0.4) is 0 Å². The Morgan fingerprint density at radius 2 is 0.783 bits per heavy atom. The number of hydrogen-bond donors (Lipinski definition) is 0. The van der Waals surface area contributed by atoms with Crippen molar-refractivity contribution in [1.29, 1.82) is 0 Å². The van der Waals surface area contributed by atoms with Gasteiger partial charge in [-0.1, -0.05) is 158 Å². The van der Waals surface area contributed by atoms with Crippen LogP contribution in [0.25, 0.3) is 87.2 Å². The molecule has 0 aliphatic heterocycles. The van der Waals surface area contributed by atoms with Crippen LogP contribution in [0.5, 0.6) is 0 Å². The smallest absolute Gasteiger partial charge is 0.0656 e. The fraction of sp³-hybridized carbons (Fsp3) is 0.0667. The number of fused-ring (bicyclic) bond motifs is 2. The van der Waals surface area contributed by atoms with Gasteiger partial charge in [0.05, 0.1) is 8.07 Å². The predicted octanol–water partition coefficient (Wildman–Crippen LogP) is 12.4. The van der Waals surface area contributed by atoms with E-state index >= 15 is 0 Å². The van der Waals surface area contributed by atoms with Gasteiger partial charge in [0, 0.05) is 0 Å². The molecule has 0 atom stereocenters. The number of hydrogen-bond acceptors (Lipinski definition) is 0. The van der Waals surface area contributed by atoms with Gasteiger partial charge in [-0.3, -0.25) is 0 Å². The maximum absolute atomic E-state index is 2.44. The molecule has 0 heterocycles. The van der Waals surface area contributed by atoms with E-state index in [-0.39, 0.29) is 0 Å². The lowest BCUT2D eigenvalue weighted by Gasteiger charge is -2.21. The average molecular weight is 603 g/mol. The van der Waals surface area contributed by atoms with Gasteiger partial charge in [-0.25, -0.2) is 0 Å². The molecule has 0 aliphatic rings. The Balaban J connectivity index is 1.36. The molecular weight excluding hydrogens is 569 g/mol. The van der Waals surface area contributed by atoms with E-state index in [4.69, 9.17) is 0 Å². The summed E-state index contributed by atoms with van der Waals surface area (Å²) in [5, 5.41) is 14.5. The molecule has 0 aromatic heterocycles. The van der Waals surface area contributed by atoms with Gasteiger partial charge in [-0.05, 0) is 105 Å². The molecule has 0 radical (unpaired) electrons.